The van der Waals surface area contributed by atoms with Crippen molar-refractivity contribution in [3.05, 3.63) is 120 Å². The molecule has 36 heteroatoms. The van der Waals surface area contributed by atoms with E-state index in [-0.39, 0.29) is 135 Å². The molecule has 6 aliphatic heterocycles. The normalized spacial score (nSPS) is 36.8. The van der Waals surface area contributed by atoms with E-state index in [2.05, 4.69) is 68.3 Å². The van der Waals surface area contributed by atoms with Crippen molar-refractivity contribution < 1.29 is 134 Å². The highest BCUT2D eigenvalue weighted by Gasteiger charge is 2.56. The number of aliphatic hydroxyl groups excluding tert-OH is 2. The van der Waals surface area contributed by atoms with E-state index in [1.54, 1.807) is 82.1 Å². The summed E-state index contributed by atoms with van der Waals surface area (Å²) in [5.74, 6) is -2.95. The molecule has 30 atom stereocenters. The third-order valence-electron chi connectivity index (χ3n) is 31.8. The molecule has 6 heterocycles. The fraction of sp³-hybridized carbons (Fsp3) is 0.746. The topological polar surface area (TPSA) is 476 Å². The number of carbonyl (C=O) groups is 8. The van der Waals surface area contributed by atoms with Gasteiger partial charge < -0.3 is 108 Å². The maximum Gasteiger partial charge on any atom is 0.329 e. The molecule has 8 rings (SSSR count). The molecule has 0 aromatic rings. The summed E-state index contributed by atoms with van der Waals surface area (Å²) in [6.07, 6.45) is 27.6. The van der Waals surface area contributed by atoms with E-state index in [1.165, 1.54) is 24.0 Å². The van der Waals surface area contributed by atoms with Gasteiger partial charge in [0.05, 0.1) is 94.7 Å². The Morgan fingerprint density at radius 3 is 1.27 bits per heavy atom. The van der Waals surface area contributed by atoms with Crippen molar-refractivity contribution in [3.63, 3.8) is 0 Å². The molecule has 8 aliphatic rings. The van der Waals surface area contributed by atoms with Gasteiger partial charge in [0.1, 0.15) is 66.1 Å². The molecule has 850 valence electrons. The maximum atomic E-state index is 14.6. The number of amides is 2. The van der Waals surface area contributed by atoms with Crippen LogP contribution in [0.3, 0.4) is 0 Å². The van der Waals surface area contributed by atoms with Crippen molar-refractivity contribution in [2.75, 3.05) is 108 Å². The fourth-order valence-electron chi connectivity index (χ4n) is 22.1. The fourth-order valence-corrected chi connectivity index (χ4v) is 22.6. The number of nitrogens with one attached hydrogen (secondary N) is 2. The molecule has 0 aromatic carbocycles. The van der Waals surface area contributed by atoms with Crippen LogP contribution < -0.4 is 21.8 Å². The summed E-state index contributed by atoms with van der Waals surface area (Å²) in [6.45, 7) is 37.3. The van der Waals surface area contributed by atoms with Crippen LogP contribution in [-0.4, -0.2) is 309 Å². The third kappa shape index (κ3) is 39.1. The summed E-state index contributed by atoms with van der Waals surface area (Å²) in [4.78, 5) is 118. The van der Waals surface area contributed by atoms with E-state index in [9.17, 15) is 67.2 Å². The minimum Gasteiger partial charge on any atom is -0.460 e. The van der Waals surface area contributed by atoms with Gasteiger partial charge in [-0.3, -0.25) is 28.8 Å². The first-order chi connectivity index (χ1) is 71.2. The summed E-state index contributed by atoms with van der Waals surface area (Å²) in [5.41, 5.74) is 6.75. The zero-order valence-corrected chi connectivity index (χ0v) is 94.4. The van der Waals surface area contributed by atoms with E-state index in [1.807, 2.05) is 76.3 Å². The van der Waals surface area contributed by atoms with E-state index < -0.39 is 154 Å². The van der Waals surface area contributed by atoms with Crippen molar-refractivity contribution in [1.82, 2.24) is 19.9 Å². The van der Waals surface area contributed by atoms with Gasteiger partial charge in [-0.2, -0.15) is 5.10 Å². The van der Waals surface area contributed by atoms with E-state index in [0.717, 1.165) is 54.2 Å². The molecule has 10 N–H and O–H groups in total. The number of hydrogen-bond donors (Lipinski definition) is 8. The third-order valence-corrected chi connectivity index (χ3v) is 32.5. The van der Waals surface area contributed by atoms with Crippen molar-refractivity contribution in [1.29, 1.82) is 0 Å². The Hall–Kier alpha value is -7.54. The Morgan fingerprint density at radius 2 is 0.900 bits per heavy atom. The van der Waals surface area contributed by atoms with Gasteiger partial charge in [0.15, 0.2) is 0 Å². The van der Waals surface area contributed by atoms with Gasteiger partial charge >= 0.3 is 11.9 Å². The smallest absolute Gasteiger partial charge is 0.329 e. The number of fused-ring (bicyclic) bond motifs is 6. The van der Waals surface area contributed by atoms with Crippen LogP contribution in [0.1, 0.15) is 257 Å². The second kappa shape index (κ2) is 64.2. The number of ether oxygens (including phenoxy) is 14. The Labute approximate surface area is 893 Å². The number of sulfonamides is 1. The van der Waals surface area contributed by atoms with Crippen LogP contribution in [0, 0.1) is 71.0 Å². The second-order valence-electron chi connectivity index (χ2n) is 43.6. The zero-order chi connectivity index (χ0) is 111. The maximum absolute atomic E-state index is 14.6. The van der Waals surface area contributed by atoms with Crippen LogP contribution >= 0.6 is 0 Å². The number of rotatable bonds is 27. The van der Waals surface area contributed by atoms with E-state index in [4.69, 9.17) is 78.0 Å². The molecule has 0 spiro atoms. The largest absolute Gasteiger partial charge is 0.460 e. The Bertz CT molecular complexity index is 4730. The molecule has 6 fully saturated rings. The number of cyclic esters (lactones) is 2. The van der Waals surface area contributed by atoms with Gasteiger partial charge in [-0.25, -0.2) is 28.6 Å². The lowest BCUT2D eigenvalue weighted by molar-refractivity contribution is -0.266. The predicted octanol–water partition coefficient (Wildman–Crippen LogP) is 13.1. The minimum absolute atomic E-state index is 0.0197. The molecular formula is C114H185N7O28S. The van der Waals surface area contributed by atoms with Gasteiger partial charge in [0.2, 0.25) is 21.6 Å². The standard InChI is InChI=1S/C57H93N5O13.C57H92N2O15S/c1-35-17-13-12-14-18-36(2)48(73-28-27-69-9)33-44-22-20-41(7)57(68,75-44)54(65)55(66)62-25-16-15-19-45(62)56(67)74-49(34-46(63)38(4)30-40(6)52(64)53(71-11)42(8)37(3)29-35)39(5)31-43-21-23-47(50(32-43)70-10)72-26-24-51(60-58)61-59;1-36-18-14-13-15-19-37(2)49(72-29-28-68-9)34-45-23-21-42(7)57(65,74-45)54(62)55(63)59-26-17-16-20-46(59)56(64)73-50(35-47(60)39(4)31-41(6)52(61)53(70-11)43(8)38(3)30-36)40(5)32-44-22-24-48(51(33-44)69-10)71-27-25-58-75(12,66)67/h12-14,17-18,30,35,37-39,41,43-45,47-50,52-53,64,68H,8,15-16,19-29,31-34,58-59H2,1-7,9-11H3,(H,60,61);13-15,18-19,31,36,38-40,42,44-46,48-53,58,61,65H,8,16-17,20-30,32-35H2,1-7,9-12H3/b14-12+,17-13+,36-18+,40-30+;15-13+,18-14+,37-19+,41-31+. The quantitative estimate of drug-likeness (QED) is 0.00553. The van der Waals surface area contributed by atoms with Crippen LogP contribution in [-0.2, 0) is 115 Å². The SMILES string of the molecule is C=C1C(C)CC(C)/C=C/C=C/C=C(\C)C(OCCOC)CC2CCC(C)C(O)(O2)C(=O)C(=O)N2CCCCC2C(=O)OC(C(C)CC2CCC(OCC/C(=N/N)NN)C(OC)C2)CC(=O)C(C)/C=C(\C)C(O)C1OC.C=C1C(C)CC(C)/C=C/C=C/C=C(\C)C(OCCOC)CC2CCC(C)C(O)(O2)C(=O)C(=O)N2CCCCC2C(=O)OC(C(C)CC2CCC(OCCNS(C)(=O)=O)C(OC)C2)CC(=O)C(C)/C=C(\C)C(O)C1OC. The number of aliphatic hydroxyl groups is 4. The number of nitrogens with zero attached hydrogens (tertiary/aromatic N) is 3. The number of nitrogens with two attached hydrogens (primary N) is 2. The molecular weight excluding hydrogens is 1950 g/mol. The summed E-state index contributed by atoms with van der Waals surface area (Å²) in [5, 5.41) is 51.3. The number of carbonyl (C=O) groups excluding carboxylic acids is 8. The van der Waals surface area contributed by atoms with Crippen LogP contribution in [0.4, 0.5) is 0 Å². The molecule has 35 nitrogen and oxygen atoms in total. The van der Waals surface area contributed by atoms with E-state index >= 15 is 0 Å². The number of hydrazine groups is 1. The van der Waals surface area contributed by atoms with Crippen molar-refractivity contribution >= 4 is 62.7 Å². The van der Waals surface area contributed by atoms with Gasteiger partial charge in [0.25, 0.3) is 23.4 Å². The van der Waals surface area contributed by atoms with Crippen LogP contribution in [0.25, 0.3) is 0 Å². The number of allylic oxidation sites excluding steroid dienone is 12. The van der Waals surface area contributed by atoms with Crippen LogP contribution in [0.2, 0.25) is 0 Å². The highest BCUT2D eigenvalue weighted by atomic mass is 32.2. The summed E-state index contributed by atoms with van der Waals surface area (Å²) < 4.78 is 110. The average molecular weight is 2130 g/mol. The minimum atomic E-state index is -3.37. The number of amidine groups is 1. The van der Waals surface area contributed by atoms with Crippen molar-refractivity contribution in [2.45, 2.75) is 367 Å². The number of esters is 2. The molecule has 2 amide bonds. The Balaban J connectivity index is 0.000000406. The molecule has 4 bridgehead atoms. The van der Waals surface area contributed by atoms with Gasteiger partial charge in [-0.05, 0) is 237 Å². The summed E-state index contributed by atoms with van der Waals surface area (Å²) >= 11 is 0. The lowest BCUT2D eigenvalue weighted by atomic mass is 9.78. The van der Waals surface area contributed by atoms with Gasteiger partial charge in [-0.15, -0.1) is 0 Å². The molecule has 150 heavy (non-hydrogen) atoms. The number of Topliss-reactive ketones (excluding diaryl/α,β-unsaturated/α-hetero) is 4. The summed E-state index contributed by atoms with van der Waals surface area (Å²) in [6, 6.07) is -2.31. The molecule has 4 saturated heterocycles. The molecule has 0 radical (unpaired) electrons. The second-order valence-corrected chi connectivity index (χ2v) is 45.4. The zero-order valence-electron chi connectivity index (χ0n) is 93.5. The Morgan fingerprint density at radius 1 is 0.500 bits per heavy atom. The summed E-state index contributed by atoms with van der Waals surface area (Å²) in [7, 11) is 6.14. The lowest BCUT2D eigenvalue weighted by Gasteiger charge is -2.43. The number of methoxy groups -OCH3 is 6. The number of piperidine rings is 2. The lowest BCUT2D eigenvalue weighted by Crippen LogP contribution is -2.61. The predicted molar refractivity (Wildman–Crippen MR) is 574 cm³/mol. The highest BCUT2D eigenvalue weighted by Crippen LogP contribution is 2.43. The first-order valence-electron chi connectivity index (χ1n) is 54.5. The Kier molecular flexibility index (Phi) is 55.4. The highest BCUT2D eigenvalue weighted by molar-refractivity contribution is 7.88. The number of ketones is 4. The van der Waals surface area contributed by atoms with Crippen LogP contribution in [0.5, 0.6) is 0 Å². The molecule has 0 aromatic heterocycles. The number of hydrazone groups is 1. The first-order valence-corrected chi connectivity index (χ1v) is 56.4. The molecule has 30 unspecified atom stereocenters. The number of hydrogen-bond acceptors (Lipinski definition) is 31. The van der Waals surface area contributed by atoms with Gasteiger partial charge in [0, 0.05) is 118 Å². The van der Waals surface area contributed by atoms with Crippen molar-refractivity contribution in [3.8, 4) is 0 Å². The van der Waals surface area contributed by atoms with Crippen molar-refractivity contribution in [2.24, 2.45) is 87.8 Å². The van der Waals surface area contributed by atoms with Gasteiger partial charge in [-0.1, -0.05) is 155 Å². The molecule has 2 aliphatic carbocycles. The van der Waals surface area contributed by atoms with E-state index in [0.29, 0.717) is 159 Å². The monoisotopic (exact) mass is 2130 g/mol. The van der Waals surface area contributed by atoms with Crippen LogP contribution in [0.15, 0.2) is 125 Å². The first kappa shape index (κ1) is 129. The average Bonchev–Trinajstić information content (AvgIpc) is 0.773. The molecule has 2 saturated carbocycles.